The van der Waals surface area contributed by atoms with Gasteiger partial charge in [0.15, 0.2) is 0 Å². The molecule has 23 heavy (non-hydrogen) atoms. The van der Waals surface area contributed by atoms with Crippen molar-refractivity contribution in [3.05, 3.63) is 28.6 Å². The van der Waals surface area contributed by atoms with Crippen LogP contribution in [0.25, 0.3) is 5.65 Å². The van der Waals surface area contributed by atoms with E-state index >= 15 is 0 Å². The Morgan fingerprint density at radius 3 is 2.83 bits per heavy atom. The number of imidazole rings is 1. The van der Waals surface area contributed by atoms with E-state index in [1.54, 1.807) is 0 Å². The van der Waals surface area contributed by atoms with Crippen molar-refractivity contribution in [2.24, 2.45) is 0 Å². The number of pyridine rings is 1. The summed E-state index contributed by atoms with van der Waals surface area (Å²) in [5, 5.41) is 0. The quantitative estimate of drug-likeness (QED) is 0.803. The van der Waals surface area contributed by atoms with E-state index in [-0.39, 0.29) is 11.0 Å². The number of nitrogens with zero attached hydrogens (tertiary/aromatic N) is 2. The molecule has 0 radical (unpaired) electrons. The van der Waals surface area contributed by atoms with Crippen LogP contribution < -0.4 is 4.74 Å². The van der Waals surface area contributed by atoms with E-state index < -0.39 is 0 Å². The Labute approximate surface area is 144 Å². The Kier molecular flexibility index (Phi) is 2.94. The van der Waals surface area contributed by atoms with Crippen molar-refractivity contribution in [1.29, 1.82) is 0 Å². The number of hydrogen-bond donors (Lipinski definition) is 0. The Morgan fingerprint density at radius 1 is 1.35 bits per heavy atom. The highest BCUT2D eigenvalue weighted by Crippen LogP contribution is 2.53. The second kappa shape index (κ2) is 4.73. The number of halogens is 1. The van der Waals surface area contributed by atoms with Crippen LogP contribution in [-0.4, -0.2) is 27.7 Å². The normalized spacial score (nSPS) is 33.3. The van der Waals surface area contributed by atoms with Gasteiger partial charge in [-0.15, -0.1) is 0 Å². The minimum absolute atomic E-state index is 0.0644. The number of rotatable bonds is 3. The molecule has 0 spiro atoms. The molecule has 2 aromatic heterocycles. The molecule has 0 N–H and O–H groups in total. The molecule has 1 aliphatic heterocycles. The topological polar surface area (TPSA) is 35.8 Å². The molecule has 3 heterocycles. The molecule has 2 saturated carbocycles. The SMILES string of the molecule is CC12CCC(c3cn4cc(Br)c(OC5CCC5)cc4n3)(CO1)C2. The number of ether oxygens (including phenoxy) is 2. The summed E-state index contributed by atoms with van der Waals surface area (Å²) in [6.45, 7) is 3.04. The van der Waals surface area contributed by atoms with Gasteiger partial charge in [0.25, 0.3) is 0 Å². The van der Waals surface area contributed by atoms with Gasteiger partial charge >= 0.3 is 0 Å². The average Bonchev–Trinajstić information content (AvgIpc) is 3.13. The van der Waals surface area contributed by atoms with Crippen LogP contribution in [0.1, 0.15) is 51.1 Å². The van der Waals surface area contributed by atoms with Crippen LogP contribution in [0.15, 0.2) is 22.9 Å². The molecule has 5 rings (SSSR count). The van der Waals surface area contributed by atoms with Crippen LogP contribution in [0.5, 0.6) is 5.75 Å². The van der Waals surface area contributed by atoms with E-state index in [1.165, 1.54) is 18.5 Å². The highest BCUT2D eigenvalue weighted by atomic mass is 79.9. The third kappa shape index (κ3) is 2.16. The monoisotopic (exact) mass is 376 g/mol. The predicted molar refractivity (Wildman–Crippen MR) is 91.0 cm³/mol. The fourth-order valence-corrected chi connectivity index (χ4v) is 4.68. The molecule has 3 fully saturated rings. The van der Waals surface area contributed by atoms with Crippen molar-refractivity contribution in [2.45, 2.75) is 62.6 Å². The summed E-state index contributed by atoms with van der Waals surface area (Å²) in [7, 11) is 0. The zero-order chi connectivity index (χ0) is 15.7. The maximum atomic E-state index is 6.07. The zero-order valence-electron chi connectivity index (χ0n) is 13.3. The number of aromatic nitrogens is 2. The second-order valence-corrected chi connectivity index (χ2v) is 8.60. The lowest BCUT2D eigenvalue weighted by Gasteiger charge is -2.26. The van der Waals surface area contributed by atoms with Crippen LogP contribution in [0.3, 0.4) is 0 Å². The van der Waals surface area contributed by atoms with Gasteiger partial charge in [0.05, 0.1) is 28.5 Å². The standard InChI is InChI=1S/C18H21BrN2O2/c1-17-5-6-18(10-17,11-22-17)15-9-21-8-13(19)14(7-16(21)20-15)23-12-3-2-4-12/h7-9,12H,2-6,10-11H2,1H3. The average molecular weight is 377 g/mol. The molecule has 2 aromatic rings. The minimum atomic E-state index is 0.0644. The van der Waals surface area contributed by atoms with Crippen molar-refractivity contribution in [3.63, 3.8) is 0 Å². The van der Waals surface area contributed by atoms with Gasteiger partial charge in [-0.1, -0.05) is 0 Å². The first-order valence-corrected chi connectivity index (χ1v) is 9.34. The molecule has 3 aliphatic rings. The third-order valence-corrected chi connectivity index (χ3v) is 6.54. The molecule has 2 unspecified atom stereocenters. The molecule has 0 aromatic carbocycles. The molecule has 2 bridgehead atoms. The maximum Gasteiger partial charge on any atom is 0.140 e. The van der Waals surface area contributed by atoms with Gasteiger partial charge in [-0.3, -0.25) is 0 Å². The van der Waals surface area contributed by atoms with Gasteiger partial charge in [0.1, 0.15) is 11.4 Å². The summed E-state index contributed by atoms with van der Waals surface area (Å²) in [4.78, 5) is 4.93. The lowest BCUT2D eigenvalue weighted by molar-refractivity contribution is -0.00626. The summed E-state index contributed by atoms with van der Waals surface area (Å²) in [5.74, 6) is 0.913. The van der Waals surface area contributed by atoms with E-state index in [1.807, 2.05) is 0 Å². The van der Waals surface area contributed by atoms with Gasteiger partial charge in [-0.25, -0.2) is 4.98 Å². The van der Waals surface area contributed by atoms with Crippen LogP contribution in [-0.2, 0) is 10.2 Å². The molecule has 1 saturated heterocycles. The first-order chi connectivity index (χ1) is 11.1. The highest BCUT2D eigenvalue weighted by molar-refractivity contribution is 9.10. The van der Waals surface area contributed by atoms with Gasteiger partial charge in [-0.05, 0) is 61.4 Å². The Balaban J connectivity index is 1.52. The van der Waals surface area contributed by atoms with Crippen LogP contribution in [0.4, 0.5) is 0 Å². The molecule has 5 heteroatoms. The van der Waals surface area contributed by atoms with Crippen LogP contribution in [0.2, 0.25) is 0 Å². The third-order valence-electron chi connectivity index (χ3n) is 5.94. The fourth-order valence-electron chi connectivity index (χ4n) is 4.25. The van der Waals surface area contributed by atoms with Gasteiger partial charge in [0, 0.05) is 23.9 Å². The molecule has 2 aliphatic carbocycles. The first-order valence-electron chi connectivity index (χ1n) is 8.55. The molecule has 4 nitrogen and oxygen atoms in total. The van der Waals surface area contributed by atoms with Crippen LogP contribution in [0, 0.1) is 0 Å². The van der Waals surface area contributed by atoms with E-state index in [0.717, 1.165) is 48.2 Å². The fraction of sp³-hybridized carbons (Fsp3) is 0.611. The summed E-state index contributed by atoms with van der Waals surface area (Å²) in [5.41, 5.74) is 2.32. The van der Waals surface area contributed by atoms with E-state index in [2.05, 4.69) is 45.7 Å². The molecular weight excluding hydrogens is 356 g/mol. The van der Waals surface area contributed by atoms with E-state index in [4.69, 9.17) is 14.5 Å². The van der Waals surface area contributed by atoms with Gasteiger partial charge in [-0.2, -0.15) is 0 Å². The number of fused-ring (bicyclic) bond motifs is 3. The van der Waals surface area contributed by atoms with Gasteiger partial charge < -0.3 is 13.9 Å². The lowest BCUT2D eigenvalue weighted by Crippen LogP contribution is -2.26. The maximum absolute atomic E-state index is 6.07. The Morgan fingerprint density at radius 2 is 2.22 bits per heavy atom. The van der Waals surface area contributed by atoms with E-state index in [9.17, 15) is 0 Å². The Hall–Kier alpha value is -1.07. The molecular formula is C18H21BrN2O2. The summed E-state index contributed by atoms with van der Waals surface area (Å²) < 4.78 is 15.2. The Bertz CT molecular complexity index is 773. The predicted octanol–water partition coefficient (Wildman–Crippen LogP) is 4.24. The largest absolute Gasteiger partial charge is 0.489 e. The minimum Gasteiger partial charge on any atom is -0.489 e. The number of hydrogen-bond acceptors (Lipinski definition) is 3. The van der Waals surface area contributed by atoms with Crippen molar-refractivity contribution in [2.75, 3.05) is 6.61 Å². The second-order valence-electron chi connectivity index (χ2n) is 7.74. The highest BCUT2D eigenvalue weighted by Gasteiger charge is 2.55. The summed E-state index contributed by atoms with van der Waals surface area (Å²) in [6.07, 6.45) is 11.6. The van der Waals surface area contributed by atoms with Crippen molar-refractivity contribution < 1.29 is 9.47 Å². The van der Waals surface area contributed by atoms with Crippen molar-refractivity contribution in [3.8, 4) is 5.75 Å². The van der Waals surface area contributed by atoms with E-state index in [0.29, 0.717) is 6.10 Å². The molecule has 2 atom stereocenters. The van der Waals surface area contributed by atoms with Crippen molar-refractivity contribution >= 4 is 21.6 Å². The van der Waals surface area contributed by atoms with Crippen molar-refractivity contribution in [1.82, 2.24) is 9.38 Å². The summed E-state index contributed by atoms with van der Waals surface area (Å²) in [6, 6.07) is 2.06. The first kappa shape index (κ1) is 14.3. The zero-order valence-corrected chi connectivity index (χ0v) is 14.9. The van der Waals surface area contributed by atoms with Gasteiger partial charge in [0.2, 0.25) is 0 Å². The molecule has 122 valence electrons. The lowest BCUT2D eigenvalue weighted by atomic mass is 9.84. The smallest absolute Gasteiger partial charge is 0.140 e. The van der Waals surface area contributed by atoms with Crippen LogP contribution >= 0.6 is 15.9 Å². The molecule has 0 amide bonds. The summed E-state index contributed by atoms with van der Waals surface area (Å²) >= 11 is 3.64.